The molecule has 0 aliphatic heterocycles. The van der Waals surface area contributed by atoms with Gasteiger partial charge in [0, 0.05) is 32.8 Å². The van der Waals surface area contributed by atoms with Crippen LogP contribution >= 0.6 is 0 Å². The predicted molar refractivity (Wildman–Crippen MR) is 112 cm³/mol. The monoisotopic (exact) mass is 407 g/mol. The van der Waals surface area contributed by atoms with E-state index in [1.54, 1.807) is 13.3 Å². The molecular weight excluding hydrogens is 374 g/mol. The lowest BCUT2D eigenvalue weighted by atomic mass is 10.2. The van der Waals surface area contributed by atoms with Crippen molar-refractivity contribution < 1.29 is 13.2 Å². The molecule has 0 aliphatic carbocycles. The van der Waals surface area contributed by atoms with Crippen LogP contribution in [-0.2, 0) is 33.4 Å². The third-order valence-electron chi connectivity index (χ3n) is 4.61. The topological polar surface area (TPSA) is 64.4 Å². The summed E-state index contributed by atoms with van der Waals surface area (Å²) >= 11 is 0. The average Bonchev–Trinajstić information content (AvgIpc) is 3.01. The number of benzene rings is 1. The highest BCUT2D eigenvalue weighted by molar-refractivity contribution is 7.90. The molecule has 2 rings (SSSR count). The molecule has 0 unspecified atom stereocenters. The minimum absolute atomic E-state index is 0.0417. The lowest BCUT2D eigenvalue weighted by Crippen LogP contribution is -2.34. The second-order valence-corrected chi connectivity index (χ2v) is 9.72. The average molecular weight is 408 g/mol. The molecule has 0 atom stereocenters. The summed E-state index contributed by atoms with van der Waals surface area (Å²) in [4.78, 5) is 6.62. The number of aromatic nitrogens is 2. The molecule has 0 aliphatic rings. The number of hydrogen-bond acceptors (Lipinski definition) is 5. The van der Waals surface area contributed by atoms with E-state index in [-0.39, 0.29) is 10.9 Å². The van der Waals surface area contributed by atoms with Gasteiger partial charge in [-0.2, -0.15) is 0 Å². The van der Waals surface area contributed by atoms with Crippen LogP contribution in [-0.4, -0.2) is 49.2 Å². The quantitative estimate of drug-likeness (QED) is 0.571. The first-order chi connectivity index (χ1) is 13.2. The van der Waals surface area contributed by atoms with Crippen LogP contribution in [0.5, 0.6) is 0 Å². The third-order valence-corrected chi connectivity index (χ3v) is 6.20. The summed E-state index contributed by atoms with van der Waals surface area (Å²) in [6.45, 7) is 11.1. The second kappa shape index (κ2) is 10.2. The molecule has 1 aromatic carbocycles. The Morgan fingerprint density at radius 1 is 1.14 bits per heavy atom. The molecule has 0 spiro atoms. The predicted octanol–water partition coefficient (Wildman–Crippen LogP) is 3.37. The number of nitrogens with zero attached hydrogens (tertiary/aromatic N) is 3. The second-order valence-electron chi connectivity index (χ2n) is 7.84. The Kier molecular flexibility index (Phi) is 8.22. The fourth-order valence-corrected chi connectivity index (χ4v) is 4.62. The van der Waals surface area contributed by atoms with Crippen LogP contribution in [0.4, 0.5) is 0 Å². The van der Waals surface area contributed by atoms with Crippen molar-refractivity contribution in [2.24, 2.45) is 5.92 Å². The molecule has 0 radical (unpaired) electrons. The zero-order valence-electron chi connectivity index (χ0n) is 17.6. The van der Waals surface area contributed by atoms with E-state index in [0.717, 1.165) is 17.8 Å². The standard InChI is InChI=1S/C21H33N3O3S/c1-17(2)14-24-20(15-23(18(3)4)11-12-27-5)13-22-21(24)28(25,26)16-19-9-7-6-8-10-19/h6-10,13,17-18H,11-12,14-16H2,1-5H3. The Balaban J connectivity index is 2.34. The van der Waals surface area contributed by atoms with Gasteiger partial charge in [0.15, 0.2) is 0 Å². The molecule has 1 heterocycles. The molecule has 6 nitrogen and oxygen atoms in total. The van der Waals surface area contributed by atoms with E-state index in [1.807, 2.05) is 34.9 Å². The Morgan fingerprint density at radius 3 is 2.39 bits per heavy atom. The van der Waals surface area contributed by atoms with Gasteiger partial charge in [-0.05, 0) is 25.3 Å². The Morgan fingerprint density at radius 2 is 1.82 bits per heavy atom. The van der Waals surface area contributed by atoms with Crippen molar-refractivity contribution in [2.45, 2.75) is 57.7 Å². The highest BCUT2D eigenvalue weighted by Crippen LogP contribution is 2.20. The van der Waals surface area contributed by atoms with Crippen molar-refractivity contribution in [1.82, 2.24) is 14.5 Å². The van der Waals surface area contributed by atoms with Gasteiger partial charge in [0.05, 0.1) is 24.3 Å². The highest BCUT2D eigenvalue weighted by atomic mass is 32.2. The first kappa shape index (κ1) is 22.6. The summed E-state index contributed by atoms with van der Waals surface area (Å²) in [5.41, 5.74) is 1.69. The molecule has 7 heteroatoms. The fraction of sp³-hybridized carbons (Fsp3) is 0.571. The van der Waals surface area contributed by atoms with Crippen molar-refractivity contribution in [3.63, 3.8) is 0 Å². The Bertz CT molecular complexity index is 830. The summed E-state index contributed by atoms with van der Waals surface area (Å²) < 4.78 is 33.3. The minimum Gasteiger partial charge on any atom is -0.383 e. The number of methoxy groups -OCH3 is 1. The zero-order valence-corrected chi connectivity index (χ0v) is 18.4. The van der Waals surface area contributed by atoms with E-state index in [4.69, 9.17) is 4.74 Å². The lowest BCUT2D eigenvalue weighted by molar-refractivity contribution is 0.122. The van der Waals surface area contributed by atoms with E-state index in [0.29, 0.717) is 31.7 Å². The maximum absolute atomic E-state index is 13.1. The van der Waals surface area contributed by atoms with Crippen LogP contribution < -0.4 is 0 Å². The molecule has 0 amide bonds. The largest absolute Gasteiger partial charge is 0.383 e. The molecule has 0 saturated heterocycles. The number of ether oxygens (including phenoxy) is 1. The molecule has 0 fully saturated rings. The SMILES string of the molecule is COCCN(Cc1cnc(S(=O)(=O)Cc2ccccc2)n1CC(C)C)C(C)C. The van der Waals surface area contributed by atoms with E-state index in [9.17, 15) is 8.42 Å². The van der Waals surface area contributed by atoms with Crippen LogP contribution in [0.1, 0.15) is 39.0 Å². The fourth-order valence-electron chi connectivity index (χ4n) is 3.12. The van der Waals surface area contributed by atoms with E-state index >= 15 is 0 Å². The normalized spacial score (nSPS) is 12.4. The molecule has 28 heavy (non-hydrogen) atoms. The van der Waals surface area contributed by atoms with Crippen molar-refractivity contribution in [3.05, 3.63) is 47.8 Å². The van der Waals surface area contributed by atoms with Crippen LogP contribution in [0.15, 0.2) is 41.7 Å². The Labute approximate surface area is 169 Å². The smallest absolute Gasteiger partial charge is 0.228 e. The van der Waals surface area contributed by atoms with Gasteiger partial charge in [0.25, 0.3) is 0 Å². The summed E-state index contributed by atoms with van der Waals surface area (Å²) in [6, 6.07) is 9.58. The zero-order chi connectivity index (χ0) is 20.7. The van der Waals surface area contributed by atoms with E-state index in [1.165, 1.54) is 0 Å². The maximum Gasteiger partial charge on any atom is 0.228 e. The van der Waals surface area contributed by atoms with Crippen LogP contribution in [0.25, 0.3) is 0 Å². The van der Waals surface area contributed by atoms with Gasteiger partial charge in [-0.25, -0.2) is 13.4 Å². The number of sulfone groups is 1. The van der Waals surface area contributed by atoms with Gasteiger partial charge in [-0.1, -0.05) is 44.2 Å². The Hall–Kier alpha value is -1.70. The number of hydrogen-bond donors (Lipinski definition) is 0. The molecule has 0 N–H and O–H groups in total. The van der Waals surface area contributed by atoms with Gasteiger partial charge in [0.1, 0.15) is 0 Å². The lowest BCUT2D eigenvalue weighted by Gasteiger charge is -2.27. The molecule has 2 aromatic rings. The molecule has 0 saturated carbocycles. The summed E-state index contributed by atoms with van der Waals surface area (Å²) in [5, 5.41) is 0.163. The van der Waals surface area contributed by atoms with Crippen LogP contribution in [0.2, 0.25) is 0 Å². The molecule has 1 aromatic heterocycles. The number of rotatable bonds is 11. The highest BCUT2D eigenvalue weighted by Gasteiger charge is 2.25. The molecular formula is C21H33N3O3S. The third kappa shape index (κ3) is 6.15. The van der Waals surface area contributed by atoms with Crippen molar-refractivity contribution in [1.29, 1.82) is 0 Å². The summed E-state index contributed by atoms with van der Waals surface area (Å²) in [5.74, 6) is 0.269. The minimum atomic E-state index is -3.53. The summed E-state index contributed by atoms with van der Waals surface area (Å²) in [7, 11) is -1.84. The summed E-state index contributed by atoms with van der Waals surface area (Å²) in [6.07, 6.45) is 1.71. The molecule has 0 bridgehead atoms. The van der Waals surface area contributed by atoms with Crippen LogP contribution in [0.3, 0.4) is 0 Å². The maximum atomic E-state index is 13.1. The van der Waals surface area contributed by atoms with Gasteiger partial charge in [-0.15, -0.1) is 0 Å². The van der Waals surface area contributed by atoms with Gasteiger partial charge in [0.2, 0.25) is 15.0 Å². The van der Waals surface area contributed by atoms with Gasteiger partial charge in [-0.3, -0.25) is 4.90 Å². The van der Waals surface area contributed by atoms with Gasteiger partial charge >= 0.3 is 0 Å². The molecule has 156 valence electrons. The van der Waals surface area contributed by atoms with Gasteiger partial charge < -0.3 is 9.30 Å². The van der Waals surface area contributed by atoms with E-state index in [2.05, 4.69) is 37.6 Å². The number of imidazole rings is 1. The first-order valence-corrected chi connectivity index (χ1v) is 11.4. The van der Waals surface area contributed by atoms with Crippen molar-refractivity contribution >= 4 is 9.84 Å². The van der Waals surface area contributed by atoms with Crippen molar-refractivity contribution in [3.8, 4) is 0 Å². The van der Waals surface area contributed by atoms with E-state index < -0.39 is 9.84 Å². The van der Waals surface area contributed by atoms with Crippen molar-refractivity contribution in [2.75, 3.05) is 20.3 Å². The van der Waals surface area contributed by atoms with Crippen LogP contribution in [0, 0.1) is 5.92 Å². The first-order valence-electron chi connectivity index (χ1n) is 9.78.